The highest BCUT2D eigenvalue weighted by molar-refractivity contribution is 5.22. The smallest absolute Gasteiger partial charge is 0.123 e. The zero-order chi connectivity index (χ0) is 13.0. The highest BCUT2D eigenvalue weighted by atomic mass is 19.1. The van der Waals surface area contributed by atoms with Crippen LogP contribution >= 0.6 is 0 Å². The molecule has 3 nitrogen and oxygen atoms in total. The van der Waals surface area contributed by atoms with Gasteiger partial charge >= 0.3 is 0 Å². The number of hydrazine groups is 1. The van der Waals surface area contributed by atoms with Crippen molar-refractivity contribution in [1.29, 1.82) is 0 Å². The number of aryl methyl sites for hydroxylation is 1. The fourth-order valence-electron chi connectivity index (χ4n) is 1.90. The van der Waals surface area contributed by atoms with Gasteiger partial charge in [-0.25, -0.2) is 4.39 Å². The summed E-state index contributed by atoms with van der Waals surface area (Å²) in [6.07, 6.45) is 2.35. The molecule has 0 saturated carbocycles. The van der Waals surface area contributed by atoms with Gasteiger partial charge in [-0.2, -0.15) is 0 Å². The predicted octanol–water partition coefficient (Wildman–Crippen LogP) is 2.28. The molecule has 3 N–H and O–H groups in total. The molecule has 0 bridgehead atoms. The van der Waals surface area contributed by atoms with Crippen LogP contribution in [0.1, 0.15) is 22.9 Å². The van der Waals surface area contributed by atoms with Crippen LogP contribution < -0.4 is 11.3 Å². The normalized spacial score (nSPS) is 12.4. The molecule has 0 spiro atoms. The molecule has 0 aliphatic rings. The average Bonchev–Trinajstić information content (AvgIpc) is 2.36. The van der Waals surface area contributed by atoms with E-state index in [4.69, 9.17) is 5.84 Å². The second kappa shape index (κ2) is 5.71. The summed E-state index contributed by atoms with van der Waals surface area (Å²) >= 11 is 0. The van der Waals surface area contributed by atoms with E-state index in [1.807, 2.05) is 25.1 Å². The van der Waals surface area contributed by atoms with Gasteiger partial charge in [-0.15, -0.1) is 0 Å². The molecule has 0 fully saturated rings. The summed E-state index contributed by atoms with van der Waals surface area (Å²) in [6, 6.07) is 10.3. The van der Waals surface area contributed by atoms with Gasteiger partial charge in [-0.3, -0.25) is 16.3 Å². The van der Waals surface area contributed by atoms with Crippen molar-refractivity contribution in [3.8, 4) is 0 Å². The minimum atomic E-state index is -0.236. The van der Waals surface area contributed by atoms with Crippen molar-refractivity contribution in [2.24, 2.45) is 5.84 Å². The molecule has 0 aliphatic heterocycles. The summed E-state index contributed by atoms with van der Waals surface area (Å²) in [5.41, 5.74) is 5.61. The number of benzene rings is 1. The van der Waals surface area contributed by atoms with Crippen molar-refractivity contribution in [2.75, 3.05) is 0 Å². The van der Waals surface area contributed by atoms with E-state index in [1.165, 1.54) is 12.1 Å². The van der Waals surface area contributed by atoms with Crippen LogP contribution in [-0.2, 0) is 6.42 Å². The fraction of sp³-hybridized carbons (Fsp3) is 0.214. The van der Waals surface area contributed by atoms with Gasteiger partial charge in [0.25, 0.3) is 0 Å². The lowest BCUT2D eigenvalue weighted by atomic mass is 10.0. The van der Waals surface area contributed by atoms with Crippen LogP contribution in [-0.4, -0.2) is 4.98 Å². The largest absolute Gasteiger partial charge is 0.271 e. The molecule has 18 heavy (non-hydrogen) atoms. The Hall–Kier alpha value is -1.78. The Morgan fingerprint density at radius 3 is 2.83 bits per heavy atom. The highest BCUT2D eigenvalue weighted by Gasteiger charge is 2.12. The number of nitrogens with two attached hydrogens (primary N) is 1. The number of nitrogens with one attached hydrogen (secondary N) is 1. The van der Waals surface area contributed by atoms with E-state index < -0.39 is 0 Å². The molecule has 1 aromatic carbocycles. The predicted molar refractivity (Wildman–Crippen MR) is 69.1 cm³/mol. The van der Waals surface area contributed by atoms with Gasteiger partial charge in [0.2, 0.25) is 0 Å². The van der Waals surface area contributed by atoms with E-state index in [0.29, 0.717) is 6.42 Å². The third-order valence-corrected chi connectivity index (χ3v) is 2.82. The Bertz CT molecular complexity index is 528. The van der Waals surface area contributed by atoms with Crippen LogP contribution in [0.15, 0.2) is 42.6 Å². The SMILES string of the molecule is Cc1ccnc(C(Cc2cccc(F)c2)NN)c1. The summed E-state index contributed by atoms with van der Waals surface area (Å²) in [4.78, 5) is 4.29. The van der Waals surface area contributed by atoms with Gasteiger partial charge in [0.1, 0.15) is 5.82 Å². The number of halogens is 1. The maximum Gasteiger partial charge on any atom is 0.123 e. The van der Waals surface area contributed by atoms with Crippen molar-refractivity contribution >= 4 is 0 Å². The molecule has 1 aromatic heterocycles. The molecule has 94 valence electrons. The van der Waals surface area contributed by atoms with E-state index in [-0.39, 0.29) is 11.9 Å². The summed E-state index contributed by atoms with van der Waals surface area (Å²) in [5.74, 6) is 5.32. The molecule has 1 heterocycles. The molecular weight excluding hydrogens is 229 g/mol. The maximum absolute atomic E-state index is 13.1. The van der Waals surface area contributed by atoms with E-state index in [0.717, 1.165) is 16.8 Å². The summed E-state index contributed by atoms with van der Waals surface area (Å²) in [7, 11) is 0. The van der Waals surface area contributed by atoms with Crippen molar-refractivity contribution in [2.45, 2.75) is 19.4 Å². The first-order valence-electron chi connectivity index (χ1n) is 5.82. The molecule has 0 radical (unpaired) electrons. The number of aromatic nitrogens is 1. The first-order valence-corrected chi connectivity index (χ1v) is 5.82. The monoisotopic (exact) mass is 245 g/mol. The van der Waals surface area contributed by atoms with Crippen LogP contribution in [0.25, 0.3) is 0 Å². The summed E-state index contributed by atoms with van der Waals surface area (Å²) < 4.78 is 13.1. The molecule has 2 aromatic rings. The van der Waals surface area contributed by atoms with E-state index in [2.05, 4.69) is 10.4 Å². The Kier molecular flexibility index (Phi) is 4.02. The molecule has 1 atom stereocenters. The van der Waals surface area contributed by atoms with Crippen LogP contribution in [0.3, 0.4) is 0 Å². The zero-order valence-electron chi connectivity index (χ0n) is 10.2. The lowest BCUT2D eigenvalue weighted by Gasteiger charge is -2.15. The van der Waals surface area contributed by atoms with Gasteiger partial charge in [-0.1, -0.05) is 12.1 Å². The Morgan fingerprint density at radius 2 is 2.17 bits per heavy atom. The minimum Gasteiger partial charge on any atom is -0.271 e. The van der Waals surface area contributed by atoms with Crippen LogP contribution in [0.5, 0.6) is 0 Å². The lowest BCUT2D eigenvalue weighted by molar-refractivity contribution is 0.535. The fourth-order valence-corrected chi connectivity index (χ4v) is 1.90. The van der Waals surface area contributed by atoms with Gasteiger partial charge in [0.05, 0.1) is 11.7 Å². The molecule has 0 amide bonds. The third kappa shape index (κ3) is 3.12. The van der Waals surface area contributed by atoms with Gasteiger partial charge in [0.15, 0.2) is 0 Å². The quantitative estimate of drug-likeness (QED) is 0.642. The molecule has 2 rings (SSSR count). The highest BCUT2D eigenvalue weighted by Crippen LogP contribution is 2.17. The molecule has 1 unspecified atom stereocenters. The minimum absolute atomic E-state index is 0.119. The summed E-state index contributed by atoms with van der Waals surface area (Å²) in [6.45, 7) is 2.00. The second-order valence-corrected chi connectivity index (χ2v) is 4.31. The van der Waals surface area contributed by atoms with Gasteiger partial charge in [-0.05, 0) is 48.7 Å². The topological polar surface area (TPSA) is 50.9 Å². The maximum atomic E-state index is 13.1. The van der Waals surface area contributed by atoms with E-state index >= 15 is 0 Å². The number of hydrogen-bond donors (Lipinski definition) is 2. The van der Waals surface area contributed by atoms with E-state index in [1.54, 1.807) is 12.3 Å². The van der Waals surface area contributed by atoms with Crippen LogP contribution in [0, 0.1) is 12.7 Å². The Labute approximate surface area is 106 Å². The zero-order valence-corrected chi connectivity index (χ0v) is 10.2. The Balaban J connectivity index is 2.19. The van der Waals surface area contributed by atoms with Gasteiger partial charge in [0, 0.05) is 6.20 Å². The molecular formula is C14H16FN3. The van der Waals surface area contributed by atoms with E-state index in [9.17, 15) is 4.39 Å². The number of pyridine rings is 1. The first-order chi connectivity index (χ1) is 8.69. The molecule has 4 heteroatoms. The molecule has 0 aliphatic carbocycles. The van der Waals surface area contributed by atoms with Crippen molar-refractivity contribution < 1.29 is 4.39 Å². The number of rotatable bonds is 4. The van der Waals surface area contributed by atoms with Crippen LogP contribution in [0.2, 0.25) is 0 Å². The van der Waals surface area contributed by atoms with Crippen LogP contribution in [0.4, 0.5) is 4.39 Å². The number of nitrogens with zero attached hydrogens (tertiary/aromatic N) is 1. The second-order valence-electron chi connectivity index (χ2n) is 4.31. The Morgan fingerprint density at radius 1 is 1.33 bits per heavy atom. The molecule has 0 saturated heterocycles. The van der Waals surface area contributed by atoms with Crippen molar-refractivity contribution in [3.63, 3.8) is 0 Å². The van der Waals surface area contributed by atoms with Crippen molar-refractivity contribution in [1.82, 2.24) is 10.4 Å². The number of hydrogen-bond acceptors (Lipinski definition) is 3. The average molecular weight is 245 g/mol. The third-order valence-electron chi connectivity index (χ3n) is 2.82. The standard InChI is InChI=1S/C14H16FN3/c1-10-5-6-17-13(7-10)14(18-16)9-11-3-2-4-12(15)8-11/h2-8,14,18H,9,16H2,1H3. The first kappa shape index (κ1) is 12.7. The van der Waals surface area contributed by atoms with Gasteiger partial charge < -0.3 is 0 Å². The lowest BCUT2D eigenvalue weighted by Crippen LogP contribution is -2.30. The summed E-state index contributed by atoms with van der Waals surface area (Å²) in [5, 5.41) is 0. The van der Waals surface area contributed by atoms with Crippen molar-refractivity contribution in [3.05, 3.63) is 65.2 Å².